The molecular weight excluding hydrogens is 342 g/mol. The van der Waals surface area contributed by atoms with Crippen LogP contribution < -0.4 is 5.32 Å². The number of benzene rings is 1. The molecule has 0 bridgehead atoms. The molecule has 1 N–H and O–H groups in total. The number of fused-ring (bicyclic) bond motifs is 1. The van der Waals surface area contributed by atoms with Gasteiger partial charge in [-0.1, -0.05) is 29.8 Å². The Balaban J connectivity index is 1.43. The van der Waals surface area contributed by atoms with Crippen LogP contribution in [0.15, 0.2) is 42.6 Å². The molecule has 2 aromatic heterocycles. The molecule has 138 valence electrons. The highest BCUT2D eigenvalue weighted by atomic mass is 16.2. The lowest BCUT2D eigenvalue weighted by Crippen LogP contribution is -2.28. The van der Waals surface area contributed by atoms with Crippen LogP contribution in [-0.4, -0.2) is 37.9 Å². The van der Waals surface area contributed by atoms with E-state index in [9.17, 15) is 9.59 Å². The van der Waals surface area contributed by atoms with Crippen LogP contribution in [0.3, 0.4) is 0 Å². The van der Waals surface area contributed by atoms with Crippen molar-refractivity contribution in [3.05, 3.63) is 59.3 Å². The summed E-state index contributed by atoms with van der Waals surface area (Å²) in [6.45, 7) is 4.94. The summed E-state index contributed by atoms with van der Waals surface area (Å²) >= 11 is 0. The van der Waals surface area contributed by atoms with Crippen molar-refractivity contribution in [1.82, 2.24) is 19.5 Å². The fraction of sp³-hybridized carbons (Fsp3) is 0.300. The van der Waals surface area contributed by atoms with Gasteiger partial charge in [0.25, 0.3) is 0 Å². The maximum atomic E-state index is 12.6. The number of carbonyl (C=O) groups is 2. The first-order chi connectivity index (χ1) is 13.0. The topological polar surface area (TPSA) is 79.6 Å². The third kappa shape index (κ3) is 3.53. The number of nitrogens with one attached hydrogen (secondary N) is 1. The van der Waals surface area contributed by atoms with Gasteiger partial charge in [-0.15, -0.1) is 10.2 Å². The number of nitrogens with zero attached hydrogens (tertiary/aromatic N) is 4. The Bertz CT molecular complexity index is 1010. The van der Waals surface area contributed by atoms with E-state index in [2.05, 4.69) is 15.5 Å². The third-order valence-corrected chi connectivity index (χ3v) is 4.88. The lowest BCUT2D eigenvalue weighted by atomic mass is 10.1. The van der Waals surface area contributed by atoms with Gasteiger partial charge < -0.3 is 4.90 Å². The SMILES string of the molecule is Cc1ccc(CN2CC(C(=O)Nc3nnc4cc(C)ccn34)CC2=O)cc1. The summed E-state index contributed by atoms with van der Waals surface area (Å²) in [5, 5.41) is 10.9. The van der Waals surface area contributed by atoms with Crippen molar-refractivity contribution >= 4 is 23.4 Å². The van der Waals surface area contributed by atoms with Crippen LogP contribution >= 0.6 is 0 Å². The number of carbonyl (C=O) groups excluding carboxylic acids is 2. The van der Waals surface area contributed by atoms with E-state index in [0.717, 1.165) is 11.1 Å². The Kier molecular flexibility index (Phi) is 4.35. The van der Waals surface area contributed by atoms with E-state index in [4.69, 9.17) is 0 Å². The fourth-order valence-corrected chi connectivity index (χ4v) is 3.30. The molecule has 0 aliphatic carbocycles. The number of anilines is 1. The molecule has 1 saturated heterocycles. The number of likely N-dealkylation sites (tertiary alicyclic amines) is 1. The average molecular weight is 363 g/mol. The maximum absolute atomic E-state index is 12.6. The quantitative estimate of drug-likeness (QED) is 0.772. The van der Waals surface area contributed by atoms with Gasteiger partial charge >= 0.3 is 0 Å². The molecule has 3 heterocycles. The largest absolute Gasteiger partial charge is 0.338 e. The molecule has 7 nitrogen and oxygen atoms in total. The van der Waals surface area contributed by atoms with Gasteiger partial charge in [0.05, 0.1) is 5.92 Å². The van der Waals surface area contributed by atoms with E-state index in [1.54, 1.807) is 9.30 Å². The minimum atomic E-state index is -0.388. The van der Waals surface area contributed by atoms with Crippen LogP contribution in [0.1, 0.15) is 23.1 Å². The first-order valence-electron chi connectivity index (χ1n) is 8.95. The predicted octanol–water partition coefficient (Wildman–Crippen LogP) is 2.33. The number of aryl methyl sites for hydroxylation is 2. The van der Waals surface area contributed by atoms with Crippen molar-refractivity contribution in [2.24, 2.45) is 5.92 Å². The van der Waals surface area contributed by atoms with E-state index in [1.165, 1.54) is 5.56 Å². The van der Waals surface area contributed by atoms with Crippen molar-refractivity contribution in [2.45, 2.75) is 26.8 Å². The second kappa shape index (κ2) is 6.83. The first kappa shape index (κ1) is 17.2. The first-order valence-corrected chi connectivity index (χ1v) is 8.95. The van der Waals surface area contributed by atoms with Crippen molar-refractivity contribution < 1.29 is 9.59 Å². The van der Waals surface area contributed by atoms with Crippen LogP contribution in [0.2, 0.25) is 0 Å². The number of rotatable bonds is 4. The van der Waals surface area contributed by atoms with Crippen molar-refractivity contribution in [3.8, 4) is 0 Å². The third-order valence-electron chi connectivity index (χ3n) is 4.88. The van der Waals surface area contributed by atoms with E-state index in [0.29, 0.717) is 24.7 Å². The van der Waals surface area contributed by atoms with Crippen molar-refractivity contribution in [2.75, 3.05) is 11.9 Å². The Hall–Kier alpha value is -3.22. The molecule has 0 radical (unpaired) electrons. The summed E-state index contributed by atoms with van der Waals surface area (Å²) in [4.78, 5) is 26.7. The summed E-state index contributed by atoms with van der Waals surface area (Å²) in [6.07, 6.45) is 2.04. The minimum absolute atomic E-state index is 0.00236. The highest BCUT2D eigenvalue weighted by Gasteiger charge is 2.34. The molecule has 1 aliphatic heterocycles. The number of amides is 2. The van der Waals surface area contributed by atoms with Crippen LogP contribution in [-0.2, 0) is 16.1 Å². The number of hydrogen-bond acceptors (Lipinski definition) is 4. The number of pyridine rings is 1. The molecule has 27 heavy (non-hydrogen) atoms. The fourth-order valence-electron chi connectivity index (χ4n) is 3.30. The minimum Gasteiger partial charge on any atom is -0.338 e. The standard InChI is InChI=1S/C20H21N5O2/c1-13-3-5-15(6-4-13)11-24-12-16(10-18(24)26)19(27)21-20-23-22-17-9-14(2)7-8-25(17)20/h3-9,16H,10-12H2,1-2H3,(H,21,23,27). The van der Waals surface area contributed by atoms with E-state index < -0.39 is 0 Å². The lowest BCUT2D eigenvalue weighted by molar-refractivity contribution is -0.128. The summed E-state index contributed by atoms with van der Waals surface area (Å²) < 4.78 is 1.73. The molecular formula is C20H21N5O2. The van der Waals surface area contributed by atoms with Gasteiger partial charge in [-0.2, -0.15) is 0 Å². The summed E-state index contributed by atoms with van der Waals surface area (Å²) in [6, 6.07) is 11.9. The monoisotopic (exact) mass is 363 g/mol. The van der Waals surface area contributed by atoms with Gasteiger partial charge in [-0.3, -0.25) is 19.3 Å². The predicted molar refractivity (Wildman–Crippen MR) is 101 cm³/mol. The van der Waals surface area contributed by atoms with Gasteiger partial charge in [0.1, 0.15) is 0 Å². The van der Waals surface area contributed by atoms with Gasteiger partial charge in [-0.25, -0.2) is 0 Å². The van der Waals surface area contributed by atoms with E-state index in [-0.39, 0.29) is 24.2 Å². The Morgan fingerprint density at radius 2 is 1.93 bits per heavy atom. The smallest absolute Gasteiger partial charge is 0.235 e. The molecule has 7 heteroatoms. The van der Waals surface area contributed by atoms with Gasteiger partial charge in [0.15, 0.2) is 5.65 Å². The number of hydrogen-bond donors (Lipinski definition) is 1. The molecule has 3 aromatic rings. The Morgan fingerprint density at radius 1 is 1.15 bits per heavy atom. The Labute approximate surface area is 157 Å². The van der Waals surface area contributed by atoms with E-state index in [1.807, 2.05) is 56.4 Å². The zero-order valence-corrected chi connectivity index (χ0v) is 15.3. The summed E-state index contributed by atoms with van der Waals surface area (Å²) in [5.41, 5.74) is 3.99. The maximum Gasteiger partial charge on any atom is 0.235 e. The molecule has 0 saturated carbocycles. The average Bonchev–Trinajstić information content (AvgIpc) is 3.20. The van der Waals surface area contributed by atoms with Gasteiger partial charge in [0.2, 0.25) is 17.8 Å². The van der Waals surface area contributed by atoms with Crippen LogP contribution in [0.25, 0.3) is 5.65 Å². The molecule has 2 amide bonds. The van der Waals surface area contributed by atoms with E-state index >= 15 is 0 Å². The highest BCUT2D eigenvalue weighted by Crippen LogP contribution is 2.22. The van der Waals surface area contributed by atoms with Gasteiger partial charge in [0, 0.05) is 25.7 Å². The zero-order valence-electron chi connectivity index (χ0n) is 15.3. The highest BCUT2D eigenvalue weighted by molar-refractivity contribution is 5.96. The Morgan fingerprint density at radius 3 is 2.70 bits per heavy atom. The normalized spacial score (nSPS) is 16.9. The lowest BCUT2D eigenvalue weighted by Gasteiger charge is -2.16. The second-order valence-corrected chi connectivity index (χ2v) is 7.11. The van der Waals surface area contributed by atoms with Crippen LogP contribution in [0.5, 0.6) is 0 Å². The van der Waals surface area contributed by atoms with Crippen LogP contribution in [0, 0.1) is 19.8 Å². The molecule has 4 rings (SSSR count). The van der Waals surface area contributed by atoms with Crippen molar-refractivity contribution in [3.63, 3.8) is 0 Å². The molecule has 1 aliphatic rings. The zero-order chi connectivity index (χ0) is 19.0. The van der Waals surface area contributed by atoms with Crippen molar-refractivity contribution in [1.29, 1.82) is 0 Å². The molecule has 1 aromatic carbocycles. The molecule has 1 atom stereocenters. The molecule has 1 unspecified atom stereocenters. The van der Waals surface area contributed by atoms with Crippen LogP contribution in [0.4, 0.5) is 5.95 Å². The molecule has 0 spiro atoms. The molecule has 1 fully saturated rings. The van der Waals surface area contributed by atoms with Gasteiger partial charge in [-0.05, 0) is 37.1 Å². The summed E-state index contributed by atoms with van der Waals surface area (Å²) in [5.74, 6) is -0.220. The second-order valence-electron chi connectivity index (χ2n) is 7.11. The summed E-state index contributed by atoms with van der Waals surface area (Å²) in [7, 11) is 0. The number of aromatic nitrogens is 3.